The number of nitrogens with one attached hydrogen (secondary N) is 1. The standard InChI is InChI=1S/C9H19NO3S/c1-6-14(12,13)7(2)8(11)10-9(3,4)5/h7H,6H2,1-5H3,(H,10,11). The van der Waals surface area contributed by atoms with Gasteiger partial charge in [0.1, 0.15) is 5.25 Å². The van der Waals surface area contributed by atoms with Crippen molar-refractivity contribution in [3.8, 4) is 0 Å². The van der Waals surface area contributed by atoms with Crippen LogP contribution in [0.1, 0.15) is 34.6 Å². The van der Waals surface area contributed by atoms with Crippen molar-refractivity contribution in [1.82, 2.24) is 5.32 Å². The molecule has 0 radical (unpaired) electrons. The molecule has 0 aromatic carbocycles. The maximum atomic E-state index is 11.5. The van der Waals surface area contributed by atoms with E-state index in [1.54, 1.807) is 0 Å². The van der Waals surface area contributed by atoms with E-state index in [9.17, 15) is 13.2 Å². The van der Waals surface area contributed by atoms with Gasteiger partial charge in [0.25, 0.3) is 0 Å². The van der Waals surface area contributed by atoms with E-state index in [-0.39, 0.29) is 5.75 Å². The van der Waals surface area contributed by atoms with Gasteiger partial charge in [0.2, 0.25) is 5.91 Å². The van der Waals surface area contributed by atoms with E-state index in [0.717, 1.165) is 0 Å². The summed E-state index contributed by atoms with van der Waals surface area (Å²) in [6.45, 7) is 8.40. The summed E-state index contributed by atoms with van der Waals surface area (Å²) in [5.41, 5.74) is -0.394. The molecule has 14 heavy (non-hydrogen) atoms. The number of hydrogen-bond acceptors (Lipinski definition) is 3. The third kappa shape index (κ3) is 4.09. The van der Waals surface area contributed by atoms with Gasteiger partial charge >= 0.3 is 0 Å². The molecular weight excluding hydrogens is 202 g/mol. The van der Waals surface area contributed by atoms with Crippen molar-refractivity contribution in [2.75, 3.05) is 5.75 Å². The third-order valence-corrected chi connectivity index (χ3v) is 3.90. The van der Waals surface area contributed by atoms with Crippen LogP contribution in [0.4, 0.5) is 0 Å². The second-order valence-electron chi connectivity index (χ2n) is 4.33. The lowest BCUT2D eigenvalue weighted by atomic mass is 10.1. The van der Waals surface area contributed by atoms with Gasteiger partial charge in [-0.1, -0.05) is 6.92 Å². The van der Waals surface area contributed by atoms with Gasteiger partial charge in [-0.05, 0) is 27.7 Å². The van der Waals surface area contributed by atoms with Crippen molar-refractivity contribution >= 4 is 15.7 Å². The van der Waals surface area contributed by atoms with E-state index >= 15 is 0 Å². The van der Waals surface area contributed by atoms with Crippen LogP contribution in [0.25, 0.3) is 0 Å². The zero-order chi connectivity index (χ0) is 11.6. The number of carbonyl (C=O) groups excluding carboxylic acids is 1. The van der Waals surface area contributed by atoms with Crippen molar-refractivity contribution in [1.29, 1.82) is 0 Å². The Bertz CT molecular complexity index is 301. The van der Waals surface area contributed by atoms with Crippen molar-refractivity contribution in [2.45, 2.75) is 45.4 Å². The zero-order valence-corrected chi connectivity index (χ0v) is 10.2. The summed E-state index contributed by atoms with van der Waals surface area (Å²) in [4.78, 5) is 11.5. The Morgan fingerprint density at radius 2 is 1.79 bits per heavy atom. The number of hydrogen-bond donors (Lipinski definition) is 1. The molecule has 0 saturated carbocycles. The van der Waals surface area contributed by atoms with Crippen LogP contribution in [-0.2, 0) is 14.6 Å². The molecule has 84 valence electrons. The predicted octanol–water partition coefficient (Wildman–Crippen LogP) is 0.724. The molecule has 0 rings (SSSR count). The van der Waals surface area contributed by atoms with E-state index in [2.05, 4.69) is 5.32 Å². The van der Waals surface area contributed by atoms with Gasteiger partial charge < -0.3 is 5.32 Å². The zero-order valence-electron chi connectivity index (χ0n) is 9.42. The van der Waals surface area contributed by atoms with Gasteiger partial charge in [0.15, 0.2) is 9.84 Å². The highest BCUT2D eigenvalue weighted by atomic mass is 32.2. The normalized spacial score (nSPS) is 14.9. The molecule has 0 fully saturated rings. The monoisotopic (exact) mass is 221 g/mol. The predicted molar refractivity (Wildman–Crippen MR) is 56.8 cm³/mol. The molecule has 0 bridgehead atoms. The number of amides is 1. The maximum Gasteiger partial charge on any atom is 0.238 e. The van der Waals surface area contributed by atoms with Gasteiger partial charge in [-0.2, -0.15) is 0 Å². The highest BCUT2D eigenvalue weighted by Crippen LogP contribution is 2.05. The number of rotatable bonds is 3. The SMILES string of the molecule is CCS(=O)(=O)C(C)C(=O)NC(C)(C)C. The van der Waals surface area contributed by atoms with Crippen LogP contribution in [0.5, 0.6) is 0 Å². The van der Waals surface area contributed by atoms with Gasteiger partial charge in [0.05, 0.1) is 0 Å². The third-order valence-electron chi connectivity index (χ3n) is 1.81. The second-order valence-corrected chi connectivity index (χ2v) is 6.94. The molecule has 0 aliphatic rings. The van der Waals surface area contributed by atoms with Crippen LogP contribution >= 0.6 is 0 Å². The van der Waals surface area contributed by atoms with Crippen molar-refractivity contribution in [3.05, 3.63) is 0 Å². The molecule has 5 heteroatoms. The molecule has 1 unspecified atom stereocenters. The van der Waals surface area contributed by atoms with Crippen molar-refractivity contribution < 1.29 is 13.2 Å². The Morgan fingerprint density at radius 3 is 2.07 bits per heavy atom. The van der Waals surface area contributed by atoms with Crippen LogP contribution in [0.2, 0.25) is 0 Å². The fraction of sp³-hybridized carbons (Fsp3) is 0.889. The minimum atomic E-state index is -3.28. The molecule has 0 aliphatic heterocycles. The van der Waals surface area contributed by atoms with Gasteiger partial charge in [-0.15, -0.1) is 0 Å². The molecule has 0 spiro atoms. The lowest BCUT2D eigenvalue weighted by Crippen LogP contribution is -2.47. The molecule has 1 atom stereocenters. The molecular formula is C9H19NO3S. The summed E-state index contributed by atoms with van der Waals surface area (Å²) in [7, 11) is -3.28. The molecule has 1 amide bonds. The smallest absolute Gasteiger partial charge is 0.238 e. The first kappa shape index (κ1) is 13.4. The van der Waals surface area contributed by atoms with Gasteiger partial charge in [-0.25, -0.2) is 8.42 Å². The quantitative estimate of drug-likeness (QED) is 0.764. The lowest BCUT2D eigenvalue weighted by Gasteiger charge is -2.22. The molecule has 0 aliphatic carbocycles. The lowest BCUT2D eigenvalue weighted by molar-refractivity contribution is -0.121. The average Bonchev–Trinajstić information content (AvgIpc) is 2.00. The van der Waals surface area contributed by atoms with E-state index in [0.29, 0.717) is 0 Å². The first-order chi connectivity index (χ1) is 6.10. The highest BCUT2D eigenvalue weighted by molar-refractivity contribution is 7.92. The first-order valence-electron chi connectivity index (χ1n) is 4.63. The van der Waals surface area contributed by atoms with E-state index in [4.69, 9.17) is 0 Å². The highest BCUT2D eigenvalue weighted by Gasteiger charge is 2.28. The summed E-state index contributed by atoms with van der Waals surface area (Å²) in [5, 5.41) is 1.68. The fourth-order valence-corrected chi connectivity index (χ4v) is 1.77. The Kier molecular flexibility index (Phi) is 4.12. The Morgan fingerprint density at radius 1 is 1.36 bits per heavy atom. The van der Waals surface area contributed by atoms with Crippen molar-refractivity contribution in [3.63, 3.8) is 0 Å². The van der Waals surface area contributed by atoms with E-state index in [1.807, 2.05) is 20.8 Å². The summed E-state index contributed by atoms with van der Waals surface area (Å²) >= 11 is 0. The molecule has 0 aromatic heterocycles. The molecule has 4 nitrogen and oxygen atoms in total. The van der Waals surface area contributed by atoms with E-state index in [1.165, 1.54) is 13.8 Å². The van der Waals surface area contributed by atoms with Crippen molar-refractivity contribution in [2.24, 2.45) is 0 Å². The molecule has 0 saturated heterocycles. The molecule has 1 N–H and O–H groups in total. The largest absolute Gasteiger partial charge is 0.350 e. The minimum Gasteiger partial charge on any atom is -0.350 e. The van der Waals surface area contributed by atoms with E-state index < -0.39 is 26.5 Å². The summed E-state index contributed by atoms with van der Waals surface area (Å²) in [6.07, 6.45) is 0. The summed E-state index contributed by atoms with van der Waals surface area (Å²) in [5.74, 6) is -0.439. The topological polar surface area (TPSA) is 63.2 Å². The first-order valence-corrected chi connectivity index (χ1v) is 6.35. The van der Waals surface area contributed by atoms with Gasteiger partial charge in [0, 0.05) is 11.3 Å². The minimum absolute atomic E-state index is 0.00820. The molecule has 0 heterocycles. The molecule has 0 aromatic rings. The number of carbonyl (C=O) groups is 1. The Balaban J connectivity index is 4.58. The summed E-state index contributed by atoms with van der Waals surface area (Å²) < 4.78 is 22.7. The average molecular weight is 221 g/mol. The van der Waals surface area contributed by atoms with Crippen LogP contribution in [0.3, 0.4) is 0 Å². The maximum absolute atomic E-state index is 11.5. The van der Waals surface area contributed by atoms with Gasteiger partial charge in [-0.3, -0.25) is 4.79 Å². The summed E-state index contributed by atoms with van der Waals surface area (Å²) in [6, 6.07) is 0. The second kappa shape index (κ2) is 4.29. The Labute approximate surface area is 86.0 Å². The number of sulfone groups is 1. The van der Waals surface area contributed by atoms with Crippen LogP contribution in [0, 0.1) is 0 Å². The van der Waals surface area contributed by atoms with Crippen LogP contribution < -0.4 is 5.32 Å². The fourth-order valence-electron chi connectivity index (χ4n) is 0.884. The van der Waals surface area contributed by atoms with Crippen LogP contribution in [-0.4, -0.2) is 30.9 Å². The van der Waals surface area contributed by atoms with Crippen LogP contribution in [0.15, 0.2) is 0 Å². The Hall–Kier alpha value is -0.580.